The van der Waals surface area contributed by atoms with Crippen LogP contribution in [-0.4, -0.2) is 23.5 Å². The molecule has 0 fully saturated rings. The Morgan fingerprint density at radius 3 is 3.06 bits per heavy atom. The van der Waals surface area contributed by atoms with E-state index in [0.29, 0.717) is 12.1 Å². The van der Waals surface area contributed by atoms with Crippen molar-refractivity contribution < 1.29 is 4.79 Å². The molecule has 1 aromatic carbocycles. The molecule has 1 amide bonds. The first kappa shape index (κ1) is 11.7. The number of hydrogen-bond acceptors (Lipinski definition) is 2. The molecule has 0 radical (unpaired) electrons. The average molecular weight is 231 g/mol. The number of carbonyl (C=O) groups excluding carboxylic acids is 1. The van der Waals surface area contributed by atoms with Crippen molar-refractivity contribution in [2.75, 3.05) is 6.54 Å². The zero-order valence-corrected chi connectivity index (χ0v) is 9.86. The lowest BCUT2D eigenvalue weighted by atomic mass is 10.1. The van der Waals surface area contributed by atoms with Crippen LogP contribution in [0.3, 0.4) is 0 Å². The number of benzene rings is 1. The molecule has 4 nitrogen and oxygen atoms in total. The number of nitrogens with two attached hydrogens (primary N) is 1. The van der Waals surface area contributed by atoms with E-state index in [1.54, 1.807) is 0 Å². The van der Waals surface area contributed by atoms with E-state index in [1.165, 1.54) is 0 Å². The van der Waals surface area contributed by atoms with Crippen LogP contribution in [0.15, 0.2) is 30.5 Å². The number of aromatic nitrogens is 1. The molecule has 0 saturated heterocycles. The van der Waals surface area contributed by atoms with Crippen LogP contribution in [-0.2, 0) is 0 Å². The van der Waals surface area contributed by atoms with E-state index in [-0.39, 0.29) is 11.9 Å². The number of carbonyl (C=O) groups is 1. The van der Waals surface area contributed by atoms with E-state index in [0.717, 1.165) is 17.3 Å². The van der Waals surface area contributed by atoms with Crippen molar-refractivity contribution in [2.45, 2.75) is 19.4 Å². The van der Waals surface area contributed by atoms with Crippen LogP contribution in [0.2, 0.25) is 0 Å². The Morgan fingerprint density at radius 1 is 1.47 bits per heavy atom. The highest BCUT2D eigenvalue weighted by atomic mass is 16.1. The number of hydrogen-bond donors (Lipinski definition) is 3. The van der Waals surface area contributed by atoms with Gasteiger partial charge in [-0.2, -0.15) is 0 Å². The highest BCUT2D eigenvalue weighted by Crippen LogP contribution is 2.13. The molecular formula is C13H17N3O. The molecule has 4 heteroatoms. The van der Waals surface area contributed by atoms with E-state index >= 15 is 0 Å². The minimum atomic E-state index is -0.0783. The van der Waals surface area contributed by atoms with Crippen LogP contribution < -0.4 is 11.1 Å². The van der Waals surface area contributed by atoms with E-state index in [1.807, 2.05) is 37.4 Å². The largest absolute Gasteiger partial charge is 0.361 e. The number of rotatable bonds is 4. The van der Waals surface area contributed by atoms with Crippen molar-refractivity contribution in [1.29, 1.82) is 0 Å². The van der Waals surface area contributed by atoms with E-state index in [2.05, 4.69) is 10.3 Å². The van der Waals surface area contributed by atoms with Gasteiger partial charge in [0.1, 0.15) is 0 Å². The molecular weight excluding hydrogens is 214 g/mol. The quantitative estimate of drug-likeness (QED) is 0.748. The van der Waals surface area contributed by atoms with Crippen molar-refractivity contribution >= 4 is 16.8 Å². The minimum Gasteiger partial charge on any atom is -0.361 e. The normalized spacial score (nSPS) is 12.6. The molecule has 90 valence electrons. The van der Waals surface area contributed by atoms with Gasteiger partial charge >= 0.3 is 0 Å². The monoisotopic (exact) mass is 231 g/mol. The molecule has 0 aliphatic rings. The molecule has 1 heterocycles. The second kappa shape index (κ2) is 5.01. The third-order valence-electron chi connectivity index (χ3n) is 2.87. The van der Waals surface area contributed by atoms with Gasteiger partial charge in [0.25, 0.3) is 5.91 Å². The number of fused-ring (bicyclic) bond motifs is 1. The van der Waals surface area contributed by atoms with Crippen LogP contribution >= 0.6 is 0 Å². The van der Waals surface area contributed by atoms with Gasteiger partial charge in [-0.25, -0.2) is 0 Å². The lowest BCUT2D eigenvalue weighted by Crippen LogP contribution is -2.36. The Bertz CT molecular complexity index is 518. The summed E-state index contributed by atoms with van der Waals surface area (Å²) < 4.78 is 0. The molecule has 0 aliphatic carbocycles. The molecule has 0 saturated carbocycles. The Morgan fingerprint density at radius 2 is 2.29 bits per heavy atom. The molecule has 4 N–H and O–H groups in total. The average Bonchev–Trinajstić information content (AvgIpc) is 2.82. The number of nitrogens with one attached hydrogen (secondary N) is 2. The van der Waals surface area contributed by atoms with Gasteiger partial charge < -0.3 is 16.0 Å². The van der Waals surface area contributed by atoms with Gasteiger partial charge in [0.15, 0.2) is 0 Å². The summed E-state index contributed by atoms with van der Waals surface area (Å²) >= 11 is 0. The standard InChI is InChI=1S/C13H17N3O/c1-2-11(14)8-16-13(17)10-4-3-9-5-6-15-12(9)7-10/h3-7,11,15H,2,8,14H2,1H3,(H,16,17). The first-order valence-corrected chi connectivity index (χ1v) is 5.81. The fourth-order valence-electron chi connectivity index (χ4n) is 1.66. The third-order valence-corrected chi connectivity index (χ3v) is 2.87. The summed E-state index contributed by atoms with van der Waals surface area (Å²) in [5, 5.41) is 3.93. The van der Waals surface area contributed by atoms with Crippen LogP contribution in [0.25, 0.3) is 10.9 Å². The van der Waals surface area contributed by atoms with Crippen molar-refractivity contribution in [3.8, 4) is 0 Å². The molecule has 1 atom stereocenters. The summed E-state index contributed by atoms with van der Waals surface area (Å²) in [6.45, 7) is 2.51. The molecule has 0 aliphatic heterocycles. The minimum absolute atomic E-state index is 0.0215. The maximum Gasteiger partial charge on any atom is 0.251 e. The molecule has 0 bridgehead atoms. The van der Waals surface area contributed by atoms with Crippen molar-refractivity contribution in [3.63, 3.8) is 0 Å². The van der Waals surface area contributed by atoms with E-state index in [4.69, 9.17) is 5.73 Å². The van der Waals surface area contributed by atoms with Crippen molar-refractivity contribution in [3.05, 3.63) is 36.0 Å². The number of aromatic amines is 1. The fraction of sp³-hybridized carbons (Fsp3) is 0.308. The summed E-state index contributed by atoms with van der Waals surface area (Å²) in [6.07, 6.45) is 2.72. The first-order chi connectivity index (χ1) is 8.20. The van der Waals surface area contributed by atoms with E-state index < -0.39 is 0 Å². The fourth-order valence-corrected chi connectivity index (χ4v) is 1.66. The zero-order valence-electron chi connectivity index (χ0n) is 9.86. The maximum absolute atomic E-state index is 11.9. The summed E-state index contributed by atoms with van der Waals surface area (Å²) in [5.74, 6) is -0.0783. The lowest BCUT2D eigenvalue weighted by Gasteiger charge is -2.10. The summed E-state index contributed by atoms with van der Waals surface area (Å²) in [4.78, 5) is 14.9. The Hall–Kier alpha value is -1.81. The van der Waals surface area contributed by atoms with Gasteiger partial charge in [-0.15, -0.1) is 0 Å². The second-order valence-electron chi connectivity index (χ2n) is 4.16. The SMILES string of the molecule is CCC(N)CNC(=O)c1ccc2cc[nH]c2c1. The molecule has 1 unspecified atom stereocenters. The van der Waals surface area contributed by atoms with Gasteiger partial charge in [0.2, 0.25) is 0 Å². The molecule has 17 heavy (non-hydrogen) atoms. The first-order valence-electron chi connectivity index (χ1n) is 5.81. The second-order valence-corrected chi connectivity index (χ2v) is 4.16. The highest BCUT2D eigenvalue weighted by molar-refractivity contribution is 5.97. The van der Waals surface area contributed by atoms with Crippen molar-refractivity contribution in [2.24, 2.45) is 5.73 Å². The molecule has 0 spiro atoms. The number of amides is 1. The van der Waals surface area contributed by atoms with Gasteiger partial charge in [-0.05, 0) is 30.0 Å². The number of H-pyrrole nitrogens is 1. The molecule has 2 aromatic rings. The molecule has 2 rings (SSSR count). The summed E-state index contributed by atoms with van der Waals surface area (Å²) in [5.41, 5.74) is 7.38. The Balaban J connectivity index is 2.08. The van der Waals surface area contributed by atoms with Crippen LogP contribution in [0.4, 0.5) is 0 Å². The molecule has 1 aromatic heterocycles. The van der Waals surface area contributed by atoms with Crippen molar-refractivity contribution in [1.82, 2.24) is 10.3 Å². The van der Waals surface area contributed by atoms with Gasteiger partial charge in [0, 0.05) is 29.9 Å². The Kier molecular flexibility index (Phi) is 3.44. The maximum atomic E-state index is 11.9. The van der Waals surface area contributed by atoms with Gasteiger partial charge in [0.05, 0.1) is 0 Å². The lowest BCUT2D eigenvalue weighted by molar-refractivity contribution is 0.0951. The van der Waals surface area contributed by atoms with Crippen LogP contribution in [0.5, 0.6) is 0 Å². The van der Waals surface area contributed by atoms with Gasteiger partial charge in [-0.1, -0.05) is 13.0 Å². The van der Waals surface area contributed by atoms with Gasteiger partial charge in [-0.3, -0.25) is 4.79 Å². The summed E-state index contributed by atoms with van der Waals surface area (Å²) in [6, 6.07) is 7.60. The van der Waals surface area contributed by atoms with Crippen LogP contribution in [0, 0.1) is 0 Å². The smallest absolute Gasteiger partial charge is 0.251 e. The topological polar surface area (TPSA) is 70.9 Å². The van der Waals surface area contributed by atoms with E-state index in [9.17, 15) is 4.79 Å². The summed E-state index contributed by atoms with van der Waals surface area (Å²) in [7, 11) is 0. The highest BCUT2D eigenvalue weighted by Gasteiger charge is 2.07. The third kappa shape index (κ3) is 2.65. The predicted molar refractivity (Wildman–Crippen MR) is 68.9 cm³/mol. The Labute approximate surface area is 100 Å². The zero-order chi connectivity index (χ0) is 12.3. The van der Waals surface area contributed by atoms with Crippen LogP contribution in [0.1, 0.15) is 23.7 Å². The predicted octanol–water partition coefficient (Wildman–Crippen LogP) is 1.63.